The van der Waals surface area contributed by atoms with Crippen molar-refractivity contribution >= 4 is 35.8 Å². The van der Waals surface area contributed by atoms with Gasteiger partial charge >= 0.3 is 0 Å². The van der Waals surface area contributed by atoms with E-state index in [1.54, 1.807) is 0 Å². The highest BCUT2D eigenvalue weighted by Crippen LogP contribution is 2.25. The number of piperidine rings is 1. The summed E-state index contributed by atoms with van der Waals surface area (Å²) in [6.07, 6.45) is 3.53. The van der Waals surface area contributed by atoms with Gasteiger partial charge < -0.3 is 9.88 Å². The summed E-state index contributed by atoms with van der Waals surface area (Å²) in [5.74, 6) is 1.22. The lowest BCUT2D eigenvalue weighted by atomic mass is 10.1. The molecule has 1 aromatic carbocycles. The van der Waals surface area contributed by atoms with Gasteiger partial charge in [-0.3, -0.25) is 0 Å². The summed E-state index contributed by atoms with van der Waals surface area (Å²) in [5, 5.41) is 3.49. The van der Waals surface area contributed by atoms with Gasteiger partial charge in [0.1, 0.15) is 5.82 Å². The third-order valence-electron chi connectivity index (χ3n) is 3.62. The van der Waals surface area contributed by atoms with Gasteiger partial charge in [-0.15, -0.1) is 24.8 Å². The summed E-state index contributed by atoms with van der Waals surface area (Å²) >= 11 is 0. The van der Waals surface area contributed by atoms with Crippen LogP contribution in [0.1, 0.15) is 31.6 Å². The average molecular weight is 302 g/mol. The Kier molecular flexibility index (Phi) is 6.11. The molecule has 1 aromatic heterocycles. The highest BCUT2D eigenvalue weighted by molar-refractivity contribution is 5.85. The second-order valence-electron chi connectivity index (χ2n) is 4.74. The number of benzene rings is 1. The van der Waals surface area contributed by atoms with Gasteiger partial charge in [-0.05, 0) is 31.5 Å². The molecule has 106 valence electrons. The van der Waals surface area contributed by atoms with Crippen LogP contribution < -0.4 is 5.32 Å². The number of rotatable bonds is 2. The largest absolute Gasteiger partial charge is 0.324 e. The smallest absolute Gasteiger partial charge is 0.109 e. The predicted octanol–water partition coefficient (Wildman–Crippen LogP) is 3.37. The van der Waals surface area contributed by atoms with Crippen molar-refractivity contribution in [2.45, 2.75) is 32.2 Å². The Morgan fingerprint density at radius 3 is 2.79 bits per heavy atom. The third-order valence-corrected chi connectivity index (χ3v) is 3.62. The second-order valence-corrected chi connectivity index (χ2v) is 4.74. The fourth-order valence-electron chi connectivity index (χ4n) is 2.81. The SMILES string of the molecule is CCc1nc2ccccc2n1C1CCCNC1.Cl.Cl. The van der Waals surface area contributed by atoms with E-state index in [9.17, 15) is 0 Å². The molecule has 1 unspecified atom stereocenters. The minimum Gasteiger partial charge on any atom is -0.324 e. The molecule has 3 nitrogen and oxygen atoms in total. The Morgan fingerprint density at radius 2 is 2.11 bits per heavy atom. The van der Waals surface area contributed by atoms with Gasteiger partial charge in [0.25, 0.3) is 0 Å². The lowest BCUT2D eigenvalue weighted by Crippen LogP contribution is -2.32. The van der Waals surface area contributed by atoms with Crippen molar-refractivity contribution in [1.29, 1.82) is 0 Å². The molecule has 0 radical (unpaired) electrons. The zero-order chi connectivity index (χ0) is 11.7. The van der Waals surface area contributed by atoms with Crippen molar-refractivity contribution in [2.24, 2.45) is 0 Å². The highest BCUT2D eigenvalue weighted by atomic mass is 35.5. The minimum atomic E-state index is 0. The van der Waals surface area contributed by atoms with Crippen LogP contribution in [0.5, 0.6) is 0 Å². The van der Waals surface area contributed by atoms with Crippen LogP contribution in [0.3, 0.4) is 0 Å². The number of aromatic nitrogens is 2. The van der Waals surface area contributed by atoms with Gasteiger partial charge in [-0.25, -0.2) is 4.98 Å². The normalized spacial score (nSPS) is 18.7. The van der Waals surface area contributed by atoms with E-state index in [0.29, 0.717) is 6.04 Å². The quantitative estimate of drug-likeness (QED) is 0.922. The van der Waals surface area contributed by atoms with Crippen LogP contribution in [0, 0.1) is 0 Å². The number of nitrogens with zero attached hydrogens (tertiary/aromatic N) is 2. The van der Waals surface area contributed by atoms with Crippen LogP contribution >= 0.6 is 24.8 Å². The molecular formula is C14H21Cl2N3. The number of para-hydroxylation sites is 2. The van der Waals surface area contributed by atoms with Crippen LogP contribution in [0.4, 0.5) is 0 Å². The number of hydrogen-bond acceptors (Lipinski definition) is 2. The maximum Gasteiger partial charge on any atom is 0.109 e. The molecule has 1 saturated heterocycles. The van der Waals surface area contributed by atoms with Crippen molar-refractivity contribution in [3.8, 4) is 0 Å². The molecule has 0 bridgehead atoms. The Morgan fingerprint density at radius 1 is 1.32 bits per heavy atom. The Labute approximate surface area is 126 Å². The molecule has 0 amide bonds. The number of hydrogen-bond donors (Lipinski definition) is 1. The molecule has 0 spiro atoms. The molecule has 0 saturated carbocycles. The van der Waals surface area contributed by atoms with Crippen molar-refractivity contribution in [2.75, 3.05) is 13.1 Å². The summed E-state index contributed by atoms with van der Waals surface area (Å²) in [6.45, 7) is 4.42. The first kappa shape index (κ1) is 16.3. The van der Waals surface area contributed by atoms with Crippen LogP contribution in [0.15, 0.2) is 24.3 Å². The van der Waals surface area contributed by atoms with E-state index in [0.717, 1.165) is 25.0 Å². The zero-order valence-corrected chi connectivity index (χ0v) is 12.8. The first-order valence-corrected chi connectivity index (χ1v) is 6.56. The van der Waals surface area contributed by atoms with E-state index in [1.165, 1.54) is 24.2 Å². The summed E-state index contributed by atoms with van der Waals surface area (Å²) in [4.78, 5) is 4.74. The van der Waals surface area contributed by atoms with Crippen LogP contribution in [0.2, 0.25) is 0 Å². The average Bonchev–Trinajstić information content (AvgIpc) is 2.78. The summed E-state index contributed by atoms with van der Waals surface area (Å²) in [7, 11) is 0. The monoisotopic (exact) mass is 301 g/mol. The fraction of sp³-hybridized carbons (Fsp3) is 0.500. The van der Waals surface area contributed by atoms with Crippen LogP contribution in [0.25, 0.3) is 11.0 Å². The van der Waals surface area contributed by atoms with Crippen LogP contribution in [-0.2, 0) is 6.42 Å². The van der Waals surface area contributed by atoms with Gasteiger partial charge in [-0.1, -0.05) is 19.1 Å². The lowest BCUT2D eigenvalue weighted by Gasteiger charge is -2.26. The molecule has 1 atom stereocenters. The lowest BCUT2D eigenvalue weighted by molar-refractivity contribution is 0.371. The minimum absolute atomic E-state index is 0. The number of nitrogens with one attached hydrogen (secondary N) is 1. The molecule has 1 aliphatic rings. The Hall–Kier alpha value is -0.770. The summed E-state index contributed by atoms with van der Waals surface area (Å²) in [5.41, 5.74) is 2.42. The van der Waals surface area contributed by atoms with Gasteiger partial charge in [0.2, 0.25) is 0 Å². The second kappa shape index (κ2) is 7.13. The zero-order valence-electron chi connectivity index (χ0n) is 11.1. The van der Waals surface area contributed by atoms with E-state index in [2.05, 4.69) is 41.1 Å². The van der Waals surface area contributed by atoms with Crippen molar-refractivity contribution in [1.82, 2.24) is 14.9 Å². The molecule has 2 aromatic rings. The van der Waals surface area contributed by atoms with Gasteiger partial charge in [0, 0.05) is 19.0 Å². The first-order chi connectivity index (χ1) is 8.40. The van der Waals surface area contributed by atoms with Crippen LogP contribution in [-0.4, -0.2) is 22.6 Å². The number of imidazole rings is 1. The van der Waals surface area contributed by atoms with Gasteiger partial charge in [0.15, 0.2) is 0 Å². The molecule has 1 fully saturated rings. The number of halogens is 2. The molecule has 3 rings (SSSR count). The highest BCUT2D eigenvalue weighted by Gasteiger charge is 2.19. The molecule has 5 heteroatoms. The standard InChI is InChI=1S/C14H19N3.2ClH/c1-2-14-16-12-7-3-4-8-13(12)17(14)11-6-5-9-15-10-11;;/h3-4,7-8,11,15H,2,5-6,9-10H2,1H3;2*1H. The predicted molar refractivity (Wildman–Crippen MR) is 84.7 cm³/mol. The Bertz CT molecular complexity index is 518. The number of aryl methyl sites for hydroxylation is 1. The topological polar surface area (TPSA) is 29.9 Å². The fourth-order valence-corrected chi connectivity index (χ4v) is 2.81. The molecule has 2 heterocycles. The van der Waals surface area contributed by atoms with E-state index in [-0.39, 0.29) is 24.8 Å². The van der Waals surface area contributed by atoms with E-state index in [1.807, 2.05) is 0 Å². The van der Waals surface area contributed by atoms with E-state index in [4.69, 9.17) is 4.98 Å². The van der Waals surface area contributed by atoms with E-state index < -0.39 is 0 Å². The maximum absolute atomic E-state index is 4.74. The molecule has 1 aliphatic heterocycles. The number of fused-ring (bicyclic) bond motifs is 1. The first-order valence-electron chi connectivity index (χ1n) is 6.56. The summed E-state index contributed by atoms with van der Waals surface area (Å²) < 4.78 is 2.45. The molecule has 0 aliphatic carbocycles. The molecule has 1 N–H and O–H groups in total. The maximum atomic E-state index is 4.74. The van der Waals surface area contributed by atoms with Gasteiger partial charge in [0.05, 0.1) is 11.0 Å². The van der Waals surface area contributed by atoms with Gasteiger partial charge in [-0.2, -0.15) is 0 Å². The molecular weight excluding hydrogens is 281 g/mol. The molecule has 19 heavy (non-hydrogen) atoms. The Balaban J connectivity index is 0.000000902. The third kappa shape index (κ3) is 3.04. The van der Waals surface area contributed by atoms with Crippen molar-refractivity contribution in [3.63, 3.8) is 0 Å². The van der Waals surface area contributed by atoms with Crippen molar-refractivity contribution < 1.29 is 0 Å². The van der Waals surface area contributed by atoms with Crippen molar-refractivity contribution in [3.05, 3.63) is 30.1 Å². The summed E-state index contributed by atoms with van der Waals surface area (Å²) in [6, 6.07) is 9.05. The van der Waals surface area contributed by atoms with E-state index >= 15 is 0 Å².